The van der Waals surface area contributed by atoms with Gasteiger partial charge in [-0.15, -0.1) is 0 Å². The molecule has 1 aromatic rings. The molecule has 0 saturated heterocycles. The van der Waals surface area contributed by atoms with Crippen LogP contribution in [0.2, 0.25) is 0 Å². The maximum atomic E-state index is 9.00. The maximum absolute atomic E-state index is 9.00. The number of hydrogen-bond donors (Lipinski definition) is 8. The van der Waals surface area contributed by atoms with Gasteiger partial charge in [-0.2, -0.15) is 15.0 Å². The smallest absolute Gasteiger partial charge is 0.368 e. The first-order valence-electron chi connectivity index (χ1n) is 3.77. The lowest BCUT2D eigenvalue weighted by molar-refractivity contribution is 0.256. The van der Waals surface area contributed by atoms with Crippen molar-refractivity contribution in [1.82, 2.24) is 15.0 Å². The van der Waals surface area contributed by atoms with Crippen molar-refractivity contribution in [2.75, 3.05) is 17.2 Å². The lowest BCUT2D eigenvalue weighted by Gasteiger charge is -1.93. The molecule has 0 aliphatic heterocycles. The average molecular weight is 284 g/mol. The minimum Gasteiger partial charge on any atom is -0.368 e. The highest BCUT2D eigenvalue weighted by atomic mass is 31.2. The van der Waals surface area contributed by atoms with Crippen molar-refractivity contribution in [2.45, 2.75) is 0 Å². The summed E-state index contributed by atoms with van der Waals surface area (Å²) in [5, 5.41) is 0. The van der Waals surface area contributed by atoms with Gasteiger partial charge in [0.05, 0.1) is 0 Å². The van der Waals surface area contributed by atoms with Crippen molar-refractivity contribution in [1.29, 1.82) is 0 Å². The van der Waals surface area contributed by atoms with Crippen molar-refractivity contribution in [3.8, 4) is 0 Å². The largest absolute Gasteiger partial charge is 0.466 e. The van der Waals surface area contributed by atoms with Crippen LogP contribution in [0, 0.1) is 0 Å². The van der Waals surface area contributed by atoms with Gasteiger partial charge >= 0.3 is 13.9 Å². The molecule has 1 rings (SSSR count). The third-order valence-corrected chi connectivity index (χ3v) is 0.687. The van der Waals surface area contributed by atoms with Crippen LogP contribution in [-0.4, -0.2) is 35.7 Å². The van der Waals surface area contributed by atoms with Gasteiger partial charge in [-0.3, -0.25) is 0 Å². The first-order chi connectivity index (χ1) is 7.91. The number of nitrogens with two attached hydrogens (primary N) is 5. The Morgan fingerprint density at radius 2 is 1.00 bits per heavy atom. The van der Waals surface area contributed by atoms with Gasteiger partial charge in [0.15, 0.2) is 0 Å². The average Bonchev–Trinajstić information content (AvgIpc) is 1.94. The Balaban J connectivity index is 0. The number of amides is 2. The molecule has 104 valence electrons. The molecule has 1 aromatic heterocycles. The molecule has 0 radical (unpaired) electrons. The second kappa shape index (κ2) is 7.97. The van der Waals surface area contributed by atoms with E-state index >= 15 is 0 Å². The standard InChI is InChI=1S/C3H6N6.CH4N2O.H3O4P/c4-1-7-2(5)9-3(6)8-1;2-1(3)4;1-5(2,3)4/h(H6,4,5,6,7,8,9);(H4,2,3,4);(H3,1,2,3,4). The number of primary amides is 2. The number of carbonyl (C=O) groups excluding carboxylic acids is 1. The van der Waals surface area contributed by atoms with E-state index in [4.69, 9.17) is 41.2 Å². The predicted octanol–water partition coefficient (Wildman–Crippen LogP) is -3.29. The fourth-order valence-corrected chi connectivity index (χ4v) is 0.427. The summed E-state index contributed by atoms with van der Waals surface area (Å²) < 4.78 is 8.88. The van der Waals surface area contributed by atoms with Crippen molar-refractivity contribution in [3.63, 3.8) is 0 Å². The summed E-state index contributed by atoms with van der Waals surface area (Å²) in [6.07, 6.45) is 0. The summed E-state index contributed by atoms with van der Waals surface area (Å²) in [5.74, 6) is 0.125. The van der Waals surface area contributed by atoms with Crippen LogP contribution < -0.4 is 28.7 Å². The van der Waals surface area contributed by atoms with Crippen LogP contribution in [0.1, 0.15) is 0 Å². The highest BCUT2D eigenvalue weighted by molar-refractivity contribution is 7.45. The topological polar surface area (TPSA) is 264 Å². The van der Waals surface area contributed by atoms with Crippen molar-refractivity contribution in [3.05, 3.63) is 0 Å². The van der Waals surface area contributed by atoms with E-state index in [1.54, 1.807) is 0 Å². The second-order valence-electron chi connectivity index (χ2n) is 2.33. The molecule has 0 unspecified atom stereocenters. The normalized spacial score (nSPS) is 9.28. The highest BCUT2D eigenvalue weighted by Crippen LogP contribution is 2.25. The van der Waals surface area contributed by atoms with E-state index in [0.717, 1.165) is 0 Å². The van der Waals surface area contributed by atoms with Crippen LogP contribution >= 0.6 is 7.82 Å². The van der Waals surface area contributed by atoms with Crippen LogP contribution in [0.15, 0.2) is 0 Å². The number of nitrogens with zero attached hydrogens (tertiary/aromatic N) is 3. The van der Waals surface area contributed by atoms with Gasteiger partial charge in [-0.05, 0) is 0 Å². The fourth-order valence-electron chi connectivity index (χ4n) is 0.427. The van der Waals surface area contributed by atoms with Crippen LogP contribution in [0.5, 0.6) is 0 Å². The number of anilines is 3. The molecule has 0 aromatic carbocycles. The van der Waals surface area contributed by atoms with E-state index in [0.29, 0.717) is 0 Å². The molecule has 0 aliphatic rings. The number of urea groups is 1. The summed E-state index contributed by atoms with van der Waals surface area (Å²) in [6, 6.07) is -0.833. The molecule has 0 aliphatic carbocycles. The van der Waals surface area contributed by atoms with Gasteiger partial charge in [-0.1, -0.05) is 0 Å². The molecule has 0 atom stereocenters. The first-order valence-corrected chi connectivity index (χ1v) is 5.34. The molecular weight excluding hydrogens is 271 g/mol. The molecule has 14 heteroatoms. The molecule has 0 fully saturated rings. The number of aromatic nitrogens is 3. The number of rotatable bonds is 0. The monoisotopic (exact) mass is 284 g/mol. The van der Waals surface area contributed by atoms with Gasteiger partial charge in [-0.25, -0.2) is 9.36 Å². The number of phosphoric acid groups is 1. The zero-order valence-corrected chi connectivity index (χ0v) is 9.73. The fraction of sp³-hybridized carbons (Fsp3) is 0. The molecule has 1 heterocycles. The predicted molar refractivity (Wildman–Crippen MR) is 61.1 cm³/mol. The van der Waals surface area contributed by atoms with E-state index in [1.807, 2.05) is 0 Å². The quantitative estimate of drug-likeness (QED) is 0.218. The SMILES string of the molecule is NC(N)=O.Nc1nc(N)nc(N)n1.O=P(O)(O)O. The maximum Gasteiger partial charge on any atom is 0.466 e. The number of carbonyl (C=O) groups is 1. The summed E-state index contributed by atoms with van der Waals surface area (Å²) in [4.78, 5) is 41.0. The van der Waals surface area contributed by atoms with E-state index < -0.39 is 13.9 Å². The third kappa shape index (κ3) is 23.5. The summed E-state index contributed by atoms with van der Waals surface area (Å²) in [6.45, 7) is 0. The number of hydrogen-bond acceptors (Lipinski definition) is 8. The molecule has 13 N–H and O–H groups in total. The Morgan fingerprint density at radius 1 is 0.889 bits per heavy atom. The van der Waals surface area contributed by atoms with Crippen LogP contribution in [0.25, 0.3) is 0 Å². The molecule has 0 saturated carbocycles. The van der Waals surface area contributed by atoms with Crippen molar-refractivity contribution < 1.29 is 24.0 Å². The van der Waals surface area contributed by atoms with Crippen LogP contribution in [0.4, 0.5) is 22.6 Å². The van der Waals surface area contributed by atoms with Crippen LogP contribution in [-0.2, 0) is 4.57 Å². The van der Waals surface area contributed by atoms with Gasteiger partial charge < -0.3 is 43.3 Å². The van der Waals surface area contributed by atoms with Crippen LogP contribution in [0.3, 0.4) is 0 Å². The summed E-state index contributed by atoms with van der Waals surface area (Å²) in [7, 11) is -4.64. The Labute approximate surface area is 100 Å². The van der Waals surface area contributed by atoms with Gasteiger partial charge in [0.1, 0.15) is 0 Å². The minimum absolute atomic E-state index is 0.0417. The van der Waals surface area contributed by atoms with Crippen molar-refractivity contribution in [2.24, 2.45) is 11.5 Å². The Hall–Kier alpha value is -2.21. The summed E-state index contributed by atoms with van der Waals surface area (Å²) in [5.41, 5.74) is 23.9. The number of nitrogen functional groups attached to an aromatic ring is 3. The summed E-state index contributed by atoms with van der Waals surface area (Å²) >= 11 is 0. The van der Waals surface area contributed by atoms with E-state index in [9.17, 15) is 0 Å². The zero-order valence-electron chi connectivity index (χ0n) is 8.83. The molecule has 0 bridgehead atoms. The van der Waals surface area contributed by atoms with E-state index in [2.05, 4.69) is 26.4 Å². The lowest BCUT2D eigenvalue weighted by atomic mass is 10.9. The Bertz CT molecular complexity index is 371. The first kappa shape index (κ1) is 18.2. The molecular formula is C4H13N8O5P. The van der Waals surface area contributed by atoms with E-state index in [-0.39, 0.29) is 17.8 Å². The second-order valence-corrected chi connectivity index (χ2v) is 3.35. The molecule has 13 nitrogen and oxygen atoms in total. The minimum atomic E-state index is -4.64. The zero-order chi connectivity index (χ0) is 14.9. The molecule has 2 amide bonds. The van der Waals surface area contributed by atoms with Gasteiger partial charge in [0.2, 0.25) is 17.8 Å². The lowest BCUT2D eigenvalue weighted by Crippen LogP contribution is -2.18. The van der Waals surface area contributed by atoms with E-state index in [1.165, 1.54) is 0 Å². The van der Waals surface area contributed by atoms with Gasteiger partial charge in [0.25, 0.3) is 0 Å². The molecule has 18 heavy (non-hydrogen) atoms. The highest BCUT2D eigenvalue weighted by Gasteiger charge is 2.00. The Morgan fingerprint density at radius 3 is 1.11 bits per heavy atom. The molecule has 0 spiro atoms. The van der Waals surface area contributed by atoms with Gasteiger partial charge in [0, 0.05) is 0 Å². The Kier molecular flexibility index (Phi) is 8.04. The third-order valence-electron chi connectivity index (χ3n) is 0.687. The van der Waals surface area contributed by atoms with Crippen molar-refractivity contribution >= 4 is 31.7 Å².